The molecule has 1 atom stereocenters. The van der Waals surface area contributed by atoms with E-state index in [0.717, 1.165) is 89.8 Å². The molecule has 8 aromatic rings. The van der Waals surface area contributed by atoms with Gasteiger partial charge in [-0.05, 0) is 85.7 Å². The first-order valence-electron chi connectivity index (χ1n) is 20.2. The van der Waals surface area contributed by atoms with Crippen LogP contribution in [0.25, 0.3) is 64.9 Å². The number of carbonyl (C=O) groups excluding carboxylic acids is 2. The number of amides is 2. The third-order valence-electron chi connectivity index (χ3n) is 11.7. The van der Waals surface area contributed by atoms with Crippen molar-refractivity contribution < 1.29 is 23.5 Å². The van der Waals surface area contributed by atoms with Crippen molar-refractivity contribution in [2.45, 2.75) is 45.3 Å². The van der Waals surface area contributed by atoms with E-state index in [2.05, 4.69) is 75.0 Å². The third-order valence-corrected chi connectivity index (χ3v) is 12.9. The number of hydrogen-bond acceptors (Lipinski definition) is 12. The number of aryl methyl sites for hydroxylation is 2. The van der Waals surface area contributed by atoms with Gasteiger partial charge >= 0.3 is 0 Å². The van der Waals surface area contributed by atoms with Crippen LogP contribution in [0, 0.1) is 13.8 Å². The number of rotatable bonds is 9. The molecule has 6 aromatic heterocycles. The molecule has 0 bridgehead atoms. The Labute approximate surface area is 360 Å². The highest BCUT2D eigenvalue weighted by Crippen LogP contribution is 2.44. The highest BCUT2D eigenvalue weighted by atomic mass is 32.1. The number of nitrogen functional groups attached to an aromatic ring is 2. The fraction of sp³-hybridized carbons (Fsp3) is 0.261. The number of hydrogen-bond donors (Lipinski definition) is 2. The Kier molecular flexibility index (Phi) is 10.4. The van der Waals surface area contributed by atoms with E-state index >= 15 is 0 Å². The maximum absolute atomic E-state index is 12.3. The molecule has 2 fully saturated rings. The molecule has 2 aliphatic rings. The van der Waals surface area contributed by atoms with Gasteiger partial charge in [0.2, 0.25) is 11.8 Å². The van der Waals surface area contributed by atoms with Crippen LogP contribution in [0.1, 0.15) is 30.0 Å². The van der Waals surface area contributed by atoms with Gasteiger partial charge in [0.15, 0.2) is 11.3 Å². The molecule has 316 valence electrons. The molecule has 16 heteroatoms. The van der Waals surface area contributed by atoms with Crippen molar-refractivity contribution in [3.05, 3.63) is 97.9 Å². The van der Waals surface area contributed by atoms with Crippen LogP contribution in [0.2, 0.25) is 0 Å². The van der Waals surface area contributed by atoms with E-state index in [1.54, 1.807) is 30.5 Å². The minimum absolute atomic E-state index is 0.0229. The molecular formula is C46H46N10O5S. The van der Waals surface area contributed by atoms with Crippen molar-refractivity contribution >= 4 is 77.9 Å². The second-order valence-electron chi connectivity index (χ2n) is 15.7. The molecular weight excluding hydrogens is 805 g/mol. The van der Waals surface area contributed by atoms with E-state index in [1.165, 1.54) is 24.8 Å². The highest BCUT2D eigenvalue weighted by molar-refractivity contribution is 7.22. The number of carbonyl (C=O) groups is 2. The topological polar surface area (TPSA) is 186 Å². The van der Waals surface area contributed by atoms with Crippen LogP contribution in [-0.2, 0) is 16.1 Å². The minimum atomic E-state index is -0.0724. The Morgan fingerprint density at radius 2 is 1.50 bits per heavy atom. The molecule has 15 nitrogen and oxygen atoms in total. The lowest BCUT2D eigenvalue weighted by Gasteiger charge is -2.39. The summed E-state index contributed by atoms with van der Waals surface area (Å²) in [7, 11) is 3.32. The van der Waals surface area contributed by atoms with E-state index < -0.39 is 0 Å². The normalized spacial score (nSPS) is 15.3. The van der Waals surface area contributed by atoms with Crippen LogP contribution in [-0.4, -0.2) is 90.6 Å². The number of thiophene rings is 1. The van der Waals surface area contributed by atoms with Gasteiger partial charge in [0.05, 0.1) is 35.7 Å². The fourth-order valence-corrected chi connectivity index (χ4v) is 9.89. The molecule has 0 radical (unpaired) electrons. The Balaban J connectivity index is 0.000000158. The average molecular weight is 851 g/mol. The van der Waals surface area contributed by atoms with Gasteiger partial charge in [-0.1, -0.05) is 19.2 Å². The standard InChI is InChI=1S/C24H25N5O2S.C22H21N5O3/c1-4-20(30)29-7-5-6-16(29)11-28-12-17(21-23(25)26-13-27-24(21)28)19-10-15-8-14(2)9-18(31-3)22(15)32-19;1-4-18(28)26-8-14(9-26)27-10-15(19-21(23)24-11-25-22(19)27)16-7-13-5-12(2)6-17(29-3)20(13)30-16/h4,8-10,12-13,16H,1,5-7,11H2,2-3H3,(H2,25,26,27);4-7,10-11,14H,1,8-9H2,2-3H3,(H2,23,24,25). The van der Waals surface area contributed by atoms with E-state index in [1.807, 2.05) is 34.7 Å². The zero-order valence-electron chi connectivity index (χ0n) is 34.9. The number of aromatic nitrogens is 6. The van der Waals surface area contributed by atoms with E-state index in [4.69, 9.17) is 25.4 Å². The predicted octanol–water partition coefficient (Wildman–Crippen LogP) is 7.70. The lowest BCUT2D eigenvalue weighted by atomic mass is 10.1. The summed E-state index contributed by atoms with van der Waals surface area (Å²) in [5.74, 6) is 2.96. The van der Waals surface area contributed by atoms with Crippen molar-refractivity contribution in [3.8, 4) is 33.3 Å². The number of likely N-dealkylation sites (tertiary alicyclic amines) is 2. The summed E-state index contributed by atoms with van der Waals surface area (Å²) in [5.41, 5.74) is 18.8. The fourth-order valence-electron chi connectivity index (χ4n) is 8.74. The third kappa shape index (κ3) is 6.95. The first kappa shape index (κ1) is 40.2. The minimum Gasteiger partial charge on any atom is -0.495 e. The lowest BCUT2D eigenvalue weighted by Crippen LogP contribution is -2.50. The maximum Gasteiger partial charge on any atom is 0.246 e. The number of benzene rings is 2. The first-order valence-corrected chi connectivity index (χ1v) is 21.0. The number of nitrogens with two attached hydrogens (primary N) is 2. The van der Waals surface area contributed by atoms with E-state index in [9.17, 15) is 9.59 Å². The van der Waals surface area contributed by atoms with Crippen LogP contribution in [0.4, 0.5) is 11.6 Å². The summed E-state index contributed by atoms with van der Waals surface area (Å²) in [6.07, 6.45) is 11.7. The molecule has 8 heterocycles. The van der Waals surface area contributed by atoms with E-state index in [-0.39, 0.29) is 23.9 Å². The van der Waals surface area contributed by atoms with Gasteiger partial charge in [0.1, 0.15) is 47.1 Å². The quantitative estimate of drug-likeness (QED) is 0.136. The molecule has 10 rings (SSSR count). The number of furan rings is 1. The molecule has 4 N–H and O–H groups in total. The summed E-state index contributed by atoms with van der Waals surface area (Å²) in [6.45, 7) is 13.9. The summed E-state index contributed by atoms with van der Waals surface area (Å²) >= 11 is 1.67. The van der Waals surface area contributed by atoms with Crippen molar-refractivity contribution in [2.75, 3.05) is 45.3 Å². The van der Waals surface area contributed by atoms with Crippen LogP contribution < -0.4 is 20.9 Å². The Morgan fingerprint density at radius 1 is 0.839 bits per heavy atom. The van der Waals surface area contributed by atoms with Crippen molar-refractivity contribution in [1.29, 1.82) is 0 Å². The number of nitrogens with zero attached hydrogens (tertiary/aromatic N) is 8. The molecule has 2 amide bonds. The van der Waals surface area contributed by atoms with Crippen molar-refractivity contribution in [3.63, 3.8) is 0 Å². The summed E-state index contributed by atoms with van der Waals surface area (Å²) < 4.78 is 22.5. The number of ether oxygens (including phenoxy) is 2. The number of fused-ring (bicyclic) bond motifs is 4. The first-order chi connectivity index (χ1) is 30.0. The van der Waals surface area contributed by atoms with E-state index in [0.29, 0.717) is 48.4 Å². The van der Waals surface area contributed by atoms with Crippen LogP contribution in [0.3, 0.4) is 0 Å². The second kappa shape index (κ2) is 16.0. The Bertz CT molecular complexity index is 3080. The zero-order valence-corrected chi connectivity index (χ0v) is 35.7. The lowest BCUT2D eigenvalue weighted by molar-refractivity contribution is -0.131. The predicted molar refractivity (Wildman–Crippen MR) is 243 cm³/mol. The summed E-state index contributed by atoms with van der Waals surface area (Å²) in [4.78, 5) is 46.3. The molecule has 62 heavy (non-hydrogen) atoms. The number of methoxy groups -OCH3 is 2. The van der Waals surface area contributed by atoms with Crippen LogP contribution >= 0.6 is 11.3 Å². The molecule has 2 aromatic carbocycles. The van der Waals surface area contributed by atoms with Gasteiger partial charge in [-0.15, -0.1) is 11.3 Å². The van der Waals surface area contributed by atoms with Crippen LogP contribution in [0.5, 0.6) is 11.5 Å². The Hall–Kier alpha value is -7.20. The van der Waals surface area contributed by atoms with Crippen molar-refractivity contribution in [1.82, 2.24) is 38.9 Å². The monoisotopic (exact) mass is 850 g/mol. The largest absolute Gasteiger partial charge is 0.495 e. The molecule has 1 unspecified atom stereocenters. The maximum atomic E-state index is 12.3. The summed E-state index contributed by atoms with van der Waals surface area (Å²) in [6, 6.07) is 12.5. The SMILES string of the molecule is C=CC(=O)N1CC(n2cc(-c3cc4cc(C)cc(OC)c4o3)c3c(N)ncnc32)C1.C=CC(=O)N1CCCC1Cn1cc(-c2cc3cc(C)cc(OC)c3s2)c2c(N)ncnc21. The smallest absolute Gasteiger partial charge is 0.246 e. The van der Waals surface area contributed by atoms with Gasteiger partial charge in [0.25, 0.3) is 0 Å². The van der Waals surface area contributed by atoms with Crippen LogP contribution in [0.15, 0.2) is 91.2 Å². The van der Waals surface area contributed by atoms with Gasteiger partial charge in [0, 0.05) is 66.0 Å². The second-order valence-corrected chi connectivity index (χ2v) is 16.7. The van der Waals surface area contributed by atoms with Gasteiger partial charge in [-0.2, -0.15) is 0 Å². The number of anilines is 2. The molecule has 0 aliphatic carbocycles. The van der Waals surface area contributed by atoms with Crippen molar-refractivity contribution in [2.24, 2.45) is 0 Å². The van der Waals surface area contributed by atoms with Gasteiger partial charge in [-0.3, -0.25) is 9.59 Å². The Morgan fingerprint density at radius 3 is 2.19 bits per heavy atom. The molecule has 0 spiro atoms. The highest BCUT2D eigenvalue weighted by Gasteiger charge is 2.33. The molecule has 2 saturated heterocycles. The molecule has 2 aliphatic heterocycles. The average Bonchev–Trinajstić information content (AvgIpc) is 4.10. The summed E-state index contributed by atoms with van der Waals surface area (Å²) in [5, 5.41) is 3.66. The van der Waals surface area contributed by atoms with Gasteiger partial charge < -0.3 is 44.3 Å². The van der Waals surface area contributed by atoms with Gasteiger partial charge in [-0.25, -0.2) is 19.9 Å². The molecule has 0 saturated carbocycles. The zero-order chi connectivity index (χ0) is 43.4.